The maximum absolute atomic E-state index is 8.69. The molecule has 0 aromatic carbocycles. The number of nitrogens with zero attached hydrogens (tertiary/aromatic N) is 3. The van der Waals surface area contributed by atoms with Gasteiger partial charge in [-0.15, -0.1) is 0 Å². The molecule has 0 fully saturated rings. The van der Waals surface area contributed by atoms with Gasteiger partial charge in [0.25, 0.3) is 0 Å². The van der Waals surface area contributed by atoms with Gasteiger partial charge in [0.1, 0.15) is 11.8 Å². The average molecular weight is 215 g/mol. The lowest BCUT2D eigenvalue weighted by Crippen LogP contribution is -2.23. The second kappa shape index (κ2) is 5.24. The van der Waals surface area contributed by atoms with Crippen LogP contribution >= 0.6 is 0 Å². The number of nitriles is 1. The van der Waals surface area contributed by atoms with Crippen LogP contribution in [0.25, 0.3) is 0 Å². The van der Waals surface area contributed by atoms with Gasteiger partial charge in [-0.3, -0.25) is 0 Å². The lowest BCUT2D eigenvalue weighted by atomic mass is 10.1. The van der Waals surface area contributed by atoms with Crippen LogP contribution in [0.15, 0.2) is 23.9 Å². The van der Waals surface area contributed by atoms with Crippen molar-refractivity contribution in [1.82, 2.24) is 15.3 Å². The third-order valence-electron chi connectivity index (χ3n) is 2.40. The fraction of sp³-hybridized carbons (Fsp3) is 0.364. The Bertz CT molecular complexity index is 432. The Labute approximate surface area is 94.2 Å². The molecule has 5 nitrogen and oxygen atoms in total. The largest absolute Gasteiger partial charge is 0.350 e. The topological polar surface area (TPSA) is 73.6 Å². The van der Waals surface area contributed by atoms with Crippen LogP contribution in [0.1, 0.15) is 12.1 Å². The number of aromatic nitrogens is 2. The van der Waals surface area contributed by atoms with Gasteiger partial charge in [-0.05, 0) is 19.0 Å². The smallest absolute Gasteiger partial charge is 0.224 e. The summed E-state index contributed by atoms with van der Waals surface area (Å²) >= 11 is 0. The average Bonchev–Trinajstić information content (AvgIpc) is 2.38. The lowest BCUT2D eigenvalue weighted by Gasteiger charge is -2.14. The molecule has 0 radical (unpaired) electrons. The third kappa shape index (κ3) is 2.78. The zero-order valence-corrected chi connectivity index (χ0v) is 8.90. The van der Waals surface area contributed by atoms with Crippen molar-refractivity contribution in [2.45, 2.75) is 6.42 Å². The minimum absolute atomic E-state index is 0.386. The molecule has 1 aliphatic rings. The van der Waals surface area contributed by atoms with Crippen molar-refractivity contribution in [2.75, 3.05) is 25.0 Å². The number of hydrogen-bond donors (Lipinski definition) is 2. The first-order valence-corrected chi connectivity index (χ1v) is 5.24. The van der Waals surface area contributed by atoms with E-state index in [4.69, 9.17) is 5.26 Å². The second-order valence-corrected chi connectivity index (χ2v) is 3.55. The van der Waals surface area contributed by atoms with E-state index in [2.05, 4.69) is 26.7 Å². The number of hydrogen-bond acceptors (Lipinski definition) is 5. The van der Waals surface area contributed by atoms with Gasteiger partial charge in [-0.2, -0.15) is 5.26 Å². The monoisotopic (exact) mass is 215 g/mol. The van der Waals surface area contributed by atoms with Crippen LogP contribution in [-0.4, -0.2) is 29.6 Å². The van der Waals surface area contributed by atoms with Crippen LogP contribution in [0.3, 0.4) is 0 Å². The van der Waals surface area contributed by atoms with Gasteiger partial charge in [0, 0.05) is 19.3 Å². The van der Waals surface area contributed by atoms with E-state index in [9.17, 15) is 0 Å². The van der Waals surface area contributed by atoms with Crippen LogP contribution in [0.4, 0.5) is 5.95 Å². The van der Waals surface area contributed by atoms with E-state index in [0.717, 1.165) is 26.1 Å². The summed E-state index contributed by atoms with van der Waals surface area (Å²) in [7, 11) is 0. The molecule has 0 unspecified atom stereocenters. The van der Waals surface area contributed by atoms with Gasteiger partial charge < -0.3 is 10.6 Å². The summed E-state index contributed by atoms with van der Waals surface area (Å²) in [5, 5.41) is 15.1. The Balaban J connectivity index is 1.94. The first kappa shape index (κ1) is 10.6. The number of anilines is 1. The van der Waals surface area contributed by atoms with Crippen molar-refractivity contribution >= 4 is 5.95 Å². The van der Waals surface area contributed by atoms with E-state index >= 15 is 0 Å². The third-order valence-corrected chi connectivity index (χ3v) is 2.40. The molecule has 0 saturated heterocycles. The molecule has 0 saturated carbocycles. The summed E-state index contributed by atoms with van der Waals surface area (Å²) in [5.41, 5.74) is 1.74. The van der Waals surface area contributed by atoms with E-state index in [1.165, 1.54) is 5.57 Å². The molecule has 0 bridgehead atoms. The zero-order chi connectivity index (χ0) is 11.2. The Morgan fingerprint density at radius 3 is 3.25 bits per heavy atom. The molecular formula is C11H13N5. The molecule has 0 aliphatic carbocycles. The van der Waals surface area contributed by atoms with Crippen LogP contribution in [-0.2, 0) is 0 Å². The van der Waals surface area contributed by atoms with Crippen molar-refractivity contribution in [1.29, 1.82) is 5.26 Å². The van der Waals surface area contributed by atoms with E-state index in [1.54, 1.807) is 12.3 Å². The van der Waals surface area contributed by atoms with Crippen molar-refractivity contribution in [3.8, 4) is 6.07 Å². The van der Waals surface area contributed by atoms with E-state index in [-0.39, 0.29) is 0 Å². The summed E-state index contributed by atoms with van der Waals surface area (Å²) < 4.78 is 0. The molecule has 2 N–H and O–H groups in total. The molecule has 0 atom stereocenters. The van der Waals surface area contributed by atoms with Gasteiger partial charge in [0.15, 0.2) is 0 Å². The van der Waals surface area contributed by atoms with Crippen LogP contribution in [0, 0.1) is 11.3 Å². The molecule has 16 heavy (non-hydrogen) atoms. The Kier molecular flexibility index (Phi) is 3.46. The Hall–Kier alpha value is -1.93. The first-order valence-electron chi connectivity index (χ1n) is 5.24. The molecule has 2 rings (SSSR count). The highest BCUT2D eigenvalue weighted by molar-refractivity contribution is 5.32. The second-order valence-electron chi connectivity index (χ2n) is 3.55. The molecule has 1 aliphatic heterocycles. The van der Waals surface area contributed by atoms with Crippen molar-refractivity contribution in [2.24, 2.45) is 0 Å². The Morgan fingerprint density at radius 2 is 2.50 bits per heavy atom. The standard InChI is InChI=1S/C11H13N5/c12-7-10-3-6-14-11(16-10)15-8-9-1-4-13-5-2-9/h1,3,6,13H,2,4-5,8H2,(H,14,15,16). The van der Waals surface area contributed by atoms with Gasteiger partial charge >= 0.3 is 0 Å². The van der Waals surface area contributed by atoms with Crippen molar-refractivity contribution in [3.63, 3.8) is 0 Å². The summed E-state index contributed by atoms with van der Waals surface area (Å²) in [6.45, 7) is 2.69. The van der Waals surface area contributed by atoms with Crippen LogP contribution in [0.5, 0.6) is 0 Å². The highest BCUT2D eigenvalue weighted by atomic mass is 15.1. The van der Waals surface area contributed by atoms with Gasteiger partial charge in [-0.25, -0.2) is 9.97 Å². The summed E-state index contributed by atoms with van der Waals surface area (Å²) in [5.74, 6) is 0.512. The maximum Gasteiger partial charge on any atom is 0.224 e. The predicted molar refractivity (Wildman–Crippen MR) is 60.8 cm³/mol. The summed E-state index contributed by atoms with van der Waals surface area (Å²) in [6.07, 6.45) is 4.81. The molecule has 0 amide bonds. The molecular weight excluding hydrogens is 202 g/mol. The Morgan fingerprint density at radius 1 is 1.56 bits per heavy atom. The van der Waals surface area contributed by atoms with Crippen molar-refractivity contribution in [3.05, 3.63) is 29.6 Å². The normalized spacial score (nSPS) is 15.1. The molecule has 1 aromatic rings. The molecule has 82 valence electrons. The van der Waals surface area contributed by atoms with Gasteiger partial charge in [0.05, 0.1) is 0 Å². The molecule has 5 heteroatoms. The highest BCUT2D eigenvalue weighted by Crippen LogP contribution is 2.06. The van der Waals surface area contributed by atoms with E-state index < -0.39 is 0 Å². The SMILES string of the molecule is N#Cc1ccnc(NCC2=CCNCC2)n1. The van der Waals surface area contributed by atoms with Crippen LogP contribution in [0.2, 0.25) is 0 Å². The fourth-order valence-corrected chi connectivity index (χ4v) is 1.53. The summed E-state index contributed by atoms with van der Waals surface area (Å²) in [6, 6.07) is 3.58. The first-order chi connectivity index (χ1) is 7.88. The molecule has 2 heterocycles. The zero-order valence-electron chi connectivity index (χ0n) is 8.90. The van der Waals surface area contributed by atoms with Gasteiger partial charge in [-0.1, -0.05) is 11.6 Å². The predicted octanol–water partition coefficient (Wildman–Crippen LogP) is 0.680. The van der Waals surface area contributed by atoms with Gasteiger partial charge in [0.2, 0.25) is 5.95 Å². The van der Waals surface area contributed by atoms with Crippen molar-refractivity contribution < 1.29 is 0 Å². The molecule has 1 aromatic heterocycles. The highest BCUT2D eigenvalue weighted by Gasteiger charge is 2.03. The fourth-order valence-electron chi connectivity index (χ4n) is 1.53. The quantitative estimate of drug-likeness (QED) is 0.725. The summed E-state index contributed by atoms with van der Waals surface area (Å²) in [4.78, 5) is 8.11. The number of rotatable bonds is 3. The van der Waals surface area contributed by atoms with E-state index in [1.807, 2.05) is 6.07 Å². The molecule has 0 spiro atoms. The number of nitrogens with one attached hydrogen (secondary N) is 2. The minimum atomic E-state index is 0.386. The maximum atomic E-state index is 8.69. The lowest BCUT2D eigenvalue weighted by molar-refractivity contribution is 0.697. The van der Waals surface area contributed by atoms with E-state index in [0.29, 0.717) is 11.6 Å². The van der Waals surface area contributed by atoms with Crippen LogP contribution < -0.4 is 10.6 Å². The minimum Gasteiger partial charge on any atom is -0.350 e.